The molecule has 6 aromatic rings. The van der Waals surface area contributed by atoms with Crippen molar-refractivity contribution in [2.45, 2.75) is 26.2 Å². The second-order valence-corrected chi connectivity index (χ2v) is 13.4. The topological polar surface area (TPSA) is 128 Å². The highest BCUT2D eigenvalue weighted by molar-refractivity contribution is 6.07. The van der Waals surface area contributed by atoms with E-state index in [1.54, 1.807) is 35.1 Å². The maximum absolute atomic E-state index is 13.5. The van der Waals surface area contributed by atoms with Gasteiger partial charge in [0.25, 0.3) is 0 Å². The summed E-state index contributed by atoms with van der Waals surface area (Å²) in [6.45, 7) is 10.6. The van der Waals surface area contributed by atoms with E-state index < -0.39 is 11.4 Å². The fraction of sp³-hybridized carbons (Fsp3) is 0.238. The number of aryl methyl sites for hydroxylation is 1. The Kier molecular flexibility index (Phi) is 10.7. The molecule has 54 heavy (non-hydrogen) atoms. The van der Waals surface area contributed by atoms with Gasteiger partial charge in [-0.1, -0.05) is 53.9 Å². The molecule has 0 saturated carbocycles. The second-order valence-electron chi connectivity index (χ2n) is 13.4. The summed E-state index contributed by atoms with van der Waals surface area (Å²) >= 11 is 0. The monoisotopic (exact) mass is 722 g/mol. The van der Waals surface area contributed by atoms with Crippen molar-refractivity contribution in [2.75, 3.05) is 55.4 Å². The average Bonchev–Trinajstić information content (AvgIpc) is 3.61. The van der Waals surface area contributed by atoms with E-state index in [1.807, 2.05) is 93.6 Å². The number of nitrogens with zero attached hydrogens (tertiary/aromatic N) is 5. The fourth-order valence-corrected chi connectivity index (χ4v) is 5.95. The van der Waals surface area contributed by atoms with Crippen LogP contribution in [0.4, 0.5) is 27.9 Å². The first-order chi connectivity index (χ1) is 26.2. The van der Waals surface area contributed by atoms with Gasteiger partial charge in [0.1, 0.15) is 23.9 Å². The Labute approximate surface area is 314 Å². The zero-order chi connectivity index (χ0) is 37.5. The molecule has 3 heterocycles. The van der Waals surface area contributed by atoms with Crippen LogP contribution in [0.25, 0.3) is 16.5 Å². The summed E-state index contributed by atoms with van der Waals surface area (Å²) in [5.41, 5.74) is 3.31. The van der Waals surface area contributed by atoms with E-state index >= 15 is 0 Å². The number of terminal acetylenes is 1. The maximum Gasteiger partial charge on any atom is 0.324 e. The third-order valence-corrected chi connectivity index (χ3v) is 9.08. The molecule has 4 aromatic carbocycles. The van der Waals surface area contributed by atoms with E-state index in [9.17, 15) is 4.79 Å². The lowest BCUT2D eigenvalue weighted by molar-refractivity contribution is 0.0322. The normalized spacial score (nSPS) is 13.2. The Morgan fingerprint density at radius 2 is 1.74 bits per heavy atom. The number of hydrogen-bond donors (Lipinski definition) is 3. The quantitative estimate of drug-likeness (QED) is 0.108. The summed E-state index contributed by atoms with van der Waals surface area (Å²) in [5, 5.41) is 15.6. The van der Waals surface area contributed by atoms with Gasteiger partial charge < -0.3 is 24.8 Å². The van der Waals surface area contributed by atoms with E-state index in [0.717, 1.165) is 66.3 Å². The number of benzene rings is 4. The maximum atomic E-state index is 13.5. The standard InChI is InChI=1S/C42H42N8O4/c1-5-42(3,4)37-28-38(50(48-37)31-15-13-29(2)14-16-31)46-41(51)45-35-17-18-36(34-12-7-6-11-33(34)35)54-39-19-20-43-40(47-39)44-30-9-8-10-32(27-30)53-26-23-49-21-24-52-25-22-49/h1,6-20,27-28H,21-26H2,2-4H3,(H,43,44,47)(H2,45,46,51). The average molecular weight is 723 g/mol. The van der Waals surface area contributed by atoms with Crippen molar-refractivity contribution in [3.63, 3.8) is 0 Å². The minimum Gasteiger partial charge on any atom is -0.492 e. The lowest BCUT2D eigenvalue weighted by atomic mass is 9.91. The molecule has 2 amide bonds. The first-order valence-corrected chi connectivity index (χ1v) is 17.8. The van der Waals surface area contributed by atoms with Crippen LogP contribution in [0.1, 0.15) is 25.1 Å². The van der Waals surface area contributed by atoms with Crippen LogP contribution in [0.3, 0.4) is 0 Å². The van der Waals surface area contributed by atoms with E-state index in [4.69, 9.17) is 25.7 Å². The Balaban J connectivity index is 1.04. The Hall–Kier alpha value is -6.42. The molecule has 0 spiro atoms. The van der Waals surface area contributed by atoms with Crippen molar-refractivity contribution in [1.82, 2.24) is 24.6 Å². The van der Waals surface area contributed by atoms with Crippen molar-refractivity contribution in [2.24, 2.45) is 0 Å². The smallest absolute Gasteiger partial charge is 0.324 e. The summed E-state index contributed by atoms with van der Waals surface area (Å²) in [5.74, 6) is 5.31. The highest BCUT2D eigenvalue weighted by Crippen LogP contribution is 2.35. The summed E-state index contributed by atoms with van der Waals surface area (Å²) < 4.78 is 19.4. The SMILES string of the molecule is C#CC(C)(C)c1cc(NC(=O)Nc2ccc(Oc3ccnc(Nc4cccc(OCCN5CCOCC5)c4)n3)c3ccccc23)n(-c2ccc(C)cc2)n1. The number of nitrogens with one attached hydrogen (secondary N) is 3. The Bertz CT molecular complexity index is 2290. The molecule has 7 rings (SSSR count). The number of carbonyl (C=O) groups is 1. The summed E-state index contributed by atoms with van der Waals surface area (Å²) in [6, 6.07) is 29.9. The zero-order valence-corrected chi connectivity index (χ0v) is 30.5. The van der Waals surface area contributed by atoms with Gasteiger partial charge >= 0.3 is 6.03 Å². The Morgan fingerprint density at radius 3 is 2.54 bits per heavy atom. The number of hydrogen-bond acceptors (Lipinski definition) is 9. The molecule has 12 nitrogen and oxygen atoms in total. The molecular weight excluding hydrogens is 681 g/mol. The highest BCUT2D eigenvalue weighted by atomic mass is 16.5. The van der Waals surface area contributed by atoms with Crippen LogP contribution in [0.2, 0.25) is 0 Å². The number of carbonyl (C=O) groups excluding carboxylic acids is 1. The predicted octanol–water partition coefficient (Wildman–Crippen LogP) is 7.93. The molecule has 0 radical (unpaired) electrons. The predicted molar refractivity (Wildman–Crippen MR) is 211 cm³/mol. The van der Waals surface area contributed by atoms with Crippen LogP contribution in [0, 0.1) is 19.3 Å². The van der Waals surface area contributed by atoms with E-state index in [0.29, 0.717) is 41.4 Å². The van der Waals surface area contributed by atoms with Crippen molar-refractivity contribution in [3.8, 4) is 35.4 Å². The van der Waals surface area contributed by atoms with Crippen LogP contribution in [-0.2, 0) is 10.2 Å². The molecule has 12 heteroatoms. The van der Waals surface area contributed by atoms with Crippen LogP contribution in [0.5, 0.6) is 17.4 Å². The lowest BCUT2D eigenvalue weighted by Gasteiger charge is -2.26. The number of fused-ring (bicyclic) bond motifs is 1. The van der Waals surface area contributed by atoms with Crippen molar-refractivity contribution in [1.29, 1.82) is 0 Å². The molecule has 0 atom stereocenters. The van der Waals surface area contributed by atoms with E-state index in [2.05, 4.69) is 36.7 Å². The van der Waals surface area contributed by atoms with Crippen molar-refractivity contribution < 1.29 is 19.0 Å². The first kappa shape index (κ1) is 36.0. The van der Waals surface area contributed by atoms with Gasteiger partial charge in [0.15, 0.2) is 0 Å². The summed E-state index contributed by atoms with van der Waals surface area (Å²) in [4.78, 5) is 24.8. The summed E-state index contributed by atoms with van der Waals surface area (Å²) in [7, 11) is 0. The number of aromatic nitrogens is 4. The lowest BCUT2D eigenvalue weighted by Crippen LogP contribution is -2.38. The second kappa shape index (κ2) is 16.1. The molecule has 0 aliphatic carbocycles. The fourth-order valence-electron chi connectivity index (χ4n) is 5.95. The molecular formula is C42H42N8O4. The third-order valence-electron chi connectivity index (χ3n) is 9.08. The number of ether oxygens (including phenoxy) is 3. The van der Waals surface area contributed by atoms with Crippen LogP contribution >= 0.6 is 0 Å². The minimum absolute atomic E-state index is 0.351. The van der Waals surface area contributed by atoms with Crippen molar-refractivity contribution in [3.05, 3.63) is 115 Å². The van der Waals surface area contributed by atoms with Gasteiger partial charge in [-0.25, -0.2) is 14.5 Å². The number of urea groups is 1. The summed E-state index contributed by atoms with van der Waals surface area (Å²) in [6.07, 6.45) is 7.45. The molecule has 2 aromatic heterocycles. The van der Waals surface area contributed by atoms with Gasteiger partial charge in [0.05, 0.1) is 35.7 Å². The molecule has 1 fully saturated rings. The van der Waals surface area contributed by atoms with Crippen LogP contribution in [0.15, 0.2) is 103 Å². The van der Waals surface area contributed by atoms with Gasteiger partial charge in [0, 0.05) is 60.5 Å². The molecule has 1 aliphatic heterocycles. The molecule has 0 bridgehead atoms. The van der Waals surface area contributed by atoms with E-state index in [-0.39, 0.29) is 0 Å². The van der Waals surface area contributed by atoms with Gasteiger partial charge in [-0.3, -0.25) is 10.2 Å². The number of anilines is 4. The van der Waals surface area contributed by atoms with Gasteiger partial charge in [0.2, 0.25) is 11.8 Å². The number of rotatable bonds is 12. The van der Waals surface area contributed by atoms with Crippen LogP contribution < -0.4 is 25.4 Å². The largest absolute Gasteiger partial charge is 0.492 e. The van der Waals surface area contributed by atoms with Gasteiger partial charge in [-0.05, 0) is 57.2 Å². The number of morpholine rings is 1. The highest BCUT2D eigenvalue weighted by Gasteiger charge is 2.24. The Morgan fingerprint density at radius 1 is 0.944 bits per heavy atom. The molecule has 0 unspecified atom stereocenters. The molecule has 1 saturated heterocycles. The minimum atomic E-state index is -0.640. The van der Waals surface area contributed by atoms with Gasteiger partial charge in [-0.15, -0.1) is 6.42 Å². The first-order valence-electron chi connectivity index (χ1n) is 17.8. The molecule has 1 aliphatic rings. The molecule has 3 N–H and O–H groups in total. The van der Waals surface area contributed by atoms with Crippen molar-refractivity contribution >= 4 is 39.9 Å². The third kappa shape index (κ3) is 8.61. The van der Waals surface area contributed by atoms with Gasteiger partial charge in [-0.2, -0.15) is 10.1 Å². The zero-order valence-electron chi connectivity index (χ0n) is 30.5. The molecule has 274 valence electrons. The number of amides is 2. The van der Waals surface area contributed by atoms with E-state index in [1.165, 1.54) is 0 Å². The van der Waals surface area contributed by atoms with Crippen LogP contribution in [-0.4, -0.2) is 70.1 Å².